The molecule has 0 fully saturated rings. The van der Waals surface area contributed by atoms with Crippen LogP contribution < -0.4 is 10.4 Å². The second-order valence-electron chi connectivity index (χ2n) is 5.56. The van der Waals surface area contributed by atoms with Crippen molar-refractivity contribution in [1.82, 2.24) is 34.4 Å². The van der Waals surface area contributed by atoms with Gasteiger partial charge in [0.05, 0.1) is 13.2 Å². The van der Waals surface area contributed by atoms with Crippen molar-refractivity contribution in [3.05, 3.63) is 59.1 Å². The van der Waals surface area contributed by atoms with Crippen LogP contribution in [0, 0.1) is 0 Å². The molecule has 27 heavy (non-hydrogen) atoms. The average Bonchev–Trinajstić information content (AvgIpc) is 3.28. The molecule has 0 amide bonds. The number of tetrazole rings is 1. The minimum absolute atomic E-state index is 0.160. The summed E-state index contributed by atoms with van der Waals surface area (Å²) in [5.41, 5.74) is 1.24. The van der Waals surface area contributed by atoms with Crippen LogP contribution in [-0.4, -0.2) is 46.7 Å². The third kappa shape index (κ3) is 3.43. The number of aryl methyl sites for hydroxylation is 1. The number of hydrogen-bond donors (Lipinski definition) is 0. The fraction of sp³-hybridized carbons (Fsp3) is 0.235. The lowest BCUT2D eigenvalue weighted by atomic mass is 10.3. The van der Waals surface area contributed by atoms with Gasteiger partial charge in [0.1, 0.15) is 11.4 Å². The number of rotatable bonds is 7. The zero-order chi connectivity index (χ0) is 18.6. The van der Waals surface area contributed by atoms with Crippen molar-refractivity contribution in [3.8, 4) is 11.4 Å². The Bertz CT molecular complexity index is 1120. The van der Waals surface area contributed by atoms with Gasteiger partial charge in [0, 0.05) is 11.9 Å². The SMILES string of the molecule is CCOc1ccccc1-n1nnnc1SCCn1nc2ccccn2c1=O. The van der Waals surface area contributed by atoms with Gasteiger partial charge in [0.25, 0.3) is 0 Å². The minimum atomic E-state index is -0.160. The maximum Gasteiger partial charge on any atom is 0.350 e. The van der Waals surface area contributed by atoms with E-state index in [1.165, 1.54) is 20.8 Å². The Hall–Kier alpha value is -3.14. The van der Waals surface area contributed by atoms with Crippen molar-refractivity contribution in [3.63, 3.8) is 0 Å². The Morgan fingerprint density at radius 2 is 2.00 bits per heavy atom. The van der Waals surface area contributed by atoms with Crippen LogP contribution in [0.15, 0.2) is 58.6 Å². The highest BCUT2D eigenvalue weighted by Gasteiger charge is 2.14. The Morgan fingerprint density at radius 3 is 2.85 bits per heavy atom. The molecule has 3 aromatic heterocycles. The maximum absolute atomic E-state index is 12.3. The highest BCUT2D eigenvalue weighted by atomic mass is 32.2. The van der Waals surface area contributed by atoms with Gasteiger partial charge in [-0.05, 0) is 41.6 Å². The number of nitrogens with zero attached hydrogens (tertiary/aromatic N) is 7. The Balaban J connectivity index is 1.51. The van der Waals surface area contributed by atoms with E-state index in [2.05, 4.69) is 20.6 Å². The van der Waals surface area contributed by atoms with Gasteiger partial charge in [-0.3, -0.25) is 4.40 Å². The van der Waals surface area contributed by atoms with Crippen molar-refractivity contribution in [2.45, 2.75) is 18.6 Å². The number of benzene rings is 1. The number of pyridine rings is 1. The molecule has 0 bridgehead atoms. The zero-order valence-corrected chi connectivity index (χ0v) is 15.4. The fourth-order valence-electron chi connectivity index (χ4n) is 2.67. The molecule has 0 aliphatic heterocycles. The molecule has 4 aromatic rings. The quantitative estimate of drug-likeness (QED) is 0.448. The fourth-order valence-corrected chi connectivity index (χ4v) is 3.47. The zero-order valence-electron chi connectivity index (χ0n) is 14.6. The van der Waals surface area contributed by atoms with Crippen molar-refractivity contribution in [2.75, 3.05) is 12.4 Å². The standard InChI is InChI=1S/C17H17N7O2S/c1-2-26-14-8-4-3-7-13(14)24-16(18-20-21-24)27-12-11-23-17(25)22-10-6-5-9-15(22)19-23/h3-10H,2,11-12H2,1H3. The molecule has 4 rings (SSSR count). The van der Waals surface area contributed by atoms with Gasteiger partial charge in [-0.25, -0.2) is 9.48 Å². The molecular weight excluding hydrogens is 366 g/mol. The number of thioether (sulfide) groups is 1. The Morgan fingerprint density at radius 1 is 1.15 bits per heavy atom. The predicted octanol–water partition coefficient (Wildman–Crippen LogP) is 1.66. The smallest absolute Gasteiger partial charge is 0.350 e. The average molecular weight is 383 g/mol. The van der Waals surface area contributed by atoms with Gasteiger partial charge >= 0.3 is 5.69 Å². The van der Waals surface area contributed by atoms with Crippen LogP contribution in [0.3, 0.4) is 0 Å². The molecule has 0 spiro atoms. The number of ether oxygens (including phenoxy) is 1. The van der Waals surface area contributed by atoms with Crippen LogP contribution in [-0.2, 0) is 6.54 Å². The van der Waals surface area contributed by atoms with E-state index in [1.807, 2.05) is 37.3 Å². The normalized spacial score (nSPS) is 11.1. The van der Waals surface area contributed by atoms with Gasteiger partial charge in [-0.15, -0.1) is 10.2 Å². The molecule has 1 aromatic carbocycles. The lowest BCUT2D eigenvalue weighted by molar-refractivity contribution is 0.337. The molecule has 0 unspecified atom stereocenters. The molecule has 10 heteroatoms. The summed E-state index contributed by atoms with van der Waals surface area (Å²) in [4.78, 5) is 12.3. The van der Waals surface area contributed by atoms with E-state index in [-0.39, 0.29) is 5.69 Å². The summed E-state index contributed by atoms with van der Waals surface area (Å²) in [6.45, 7) is 2.93. The minimum Gasteiger partial charge on any atom is -0.492 e. The topological polar surface area (TPSA) is 92.1 Å². The van der Waals surface area contributed by atoms with Crippen LogP contribution in [0.4, 0.5) is 0 Å². The van der Waals surface area contributed by atoms with E-state index in [0.29, 0.717) is 35.5 Å². The first kappa shape index (κ1) is 17.3. The Kier molecular flexibility index (Phi) is 4.88. The number of aromatic nitrogens is 7. The van der Waals surface area contributed by atoms with Crippen molar-refractivity contribution >= 4 is 17.4 Å². The van der Waals surface area contributed by atoms with Gasteiger partial charge in [-0.2, -0.15) is 4.68 Å². The van der Waals surface area contributed by atoms with Crippen LogP contribution in [0.1, 0.15) is 6.92 Å². The summed E-state index contributed by atoms with van der Waals surface area (Å²) in [5.74, 6) is 1.31. The van der Waals surface area contributed by atoms with Gasteiger partial charge in [0.2, 0.25) is 5.16 Å². The number of hydrogen-bond acceptors (Lipinski definition) is 7. The third-order valence-electron chi connectivity index (χ3n) is 3.86. The van der Waals surface area contributed by atoms with Crippen molar-refractivity contribution < 1.29 is 4.74 Å². The predicted molar refractivity (Wildman–Crippen MR) is 100 cm³/mol. The van der Waals surface area contributed by atoms with E-state index in [0.717, 1.165) is 5.69 Å². The molecule has 0 radical (unpaired) electrons. The summed E-state index contributed by atoms with van der Waals surface area (Å²) in [6, 6.07) is 13.1. The van der Waals surface area contributed by atoms with Crippen LogP contribution in [0.25, 0.3) is 11.3 Å². The molecule has 0 saturated carbocycles. The second kappa shape index (κ2) is 7.62. The van der Waals surface area contributed by atoms with Crippen LogP contribution >= 0.6 is 11.8 Å². The molecule has 9 nitrogen and oxygen atoms in total. The molecule has 0 N–H and O–H groups in total. The largest absolute Gasteiger partial charge is 0.492 e. The summed E-state index contributed by atoms with van der Waals surface area (Å²) in [7, 11) is 0. The van der Waals surface area contributed by atoms with Gasteiger partial charge in [0.15, 0.2) is 5.65 Å². The first-order valence-corrected chi connectivity index (χ1v) is 9.44. The van der Waals surface area contributed by atoms with Crippen molar-refractivity contribution in [2.24, 2.45) is 0 Å². The first-order valence-electron chi connectivity index (χ1n) is 8.45. The van der Waals surface area contributed by atoms with Crippen LogP contribution in [0.5, 0.6) is 5.75 Å². The lowest BCUT2D eigenvalue weighted by Gasteiger charge is -2.10. The molecule has 0 aliphatic carbocycles. The number of para-hydroxylation sites is 2. The maximum atomic E-state index is 12.3. The third-order valence-corrected chi connectivity index (χ3v) is 4.76. The van der Waals surface area contributed by atoms with Crippen LogP contribution in [0.2, 0.25) is 0 Å². The molecule has 0 aliphatic rings. The first-order chi connectivity index (χ1) is 13.3. The van der Waals surface area contributed by atoms with E-state index >= 15 is 0 Å². The monoisotopic (exact) mass is 383 g/mol. The molecule has 3 heterocycles. The highest BCUT2D eigenvalue weighted by Crippen LogP contribution is 2.25. The summed E-state index contributed by atoms with van der Waals surface area (Å²) < 4.78 is 10.3. The second-order valence-corrected chi connectivity index (χ2v) is 6.62. The van der Waals surface area contributed by atoms with Gasteiger partial charge in [-0.1, -0.05) is 30.0 Å². The summed E-state index contributed by atoms with van der Waals surface area (Å²) in [5, 5.41) is 16.9. The number of fused-ring (bicyclic) bond motifs is 1. The van der Waals surface area contributed by atoms with E-state index in [9.17, 15) is 4.79 Å². The summed E-state index contributed by atoms with van der Waals surface area (Å²) in [6.07, 6.45) is 1.71. The Labute approximate surface area is 158 Å². The molecule has 0 saturated heterocycles. The molecule has 138 valence electrons. The van der Waals surface area contributed by atoms with E-state index in [4.69, 9.17) is 4.74 Å². The van der Waals surface area contributed by atoms with Crippen molar-refractivity contribution in [1.29, 1.82) is 0 Å². The van der Waals surface area contributed by atoms with E-state index in [1.54, 1.807) is 23.0 Å². The molecule has 0 atom stereocenters. The highest BCUT2D eigenvalue weighted by molar-refractivity contribution is 7.99. The lowest BCUT2D eigenvalue weighted by Crippen LogP contribution is -2.22. The summed E-state index contributed by atoms with van der Waals surface area (Å²) >= 11 is 1.45. The molecular formula is C17H17N7O2S. The van der Waals surface area contributed by atoms with E-state index < -0.39 is 0 Å². The van der Waals surface area contributed by atoms with Gasteiger partial charge < -0.3 is 4.74 Å².